The summed E-state index contributed by atoms with van der Waals surface area (Å²) in [6.07, 6.45) is 0.569. The summed E-state index contributed by atoms with van der Waals surface area (Å²) in [5, 5.41) is 19.8. The minimum absolute atomic E-state index is 0.232. The zero-order valence-electron chi connectivity index (χ0n) is 20.1. The van der Waals surface area contributed by atoms with Gasteiger partial charge in [0.1, 0.15) is 0 Å². The molecule has 36 heavy (non-hydrogen) atoms. The molecule has 2 N–H and O–H groups in total. The van der Waals surface area contributed by atoms with Gasteiger partial charge in [0.25, 0.3) is 23.6 Å². The summed E-state index contributed by atoms with van der Waals surface area (Å²) in [5.74, 6) is -1.07. The summed E-state index contributed by atoms with van der Waals surface area (Å²) in [6, 6.07) is 7.49. The Bertz CT molecular complexity index is 1080. The van der Waals surface area contributed by atoms with Crippen LogP contribution in [-0.2, 0) is 32.0 Å². The van der Waals surface area contributed by atoms with E-state index < -0.39 is 32.7 Å². The van der Waals surface area contributed by atoms with Gasteiger partial charge in [-0.05, 0) is 32.7 Å². The molecule has 14 heteroatoms. The first-order valence-corrected chi connectivity index (χ1v) is 15.4. The van der Waals surface area contributed by atoms with Gasteiger partial charge in [-0.15, -0.1) is 0 Å². The van der Waals surface area contributed by atoms with Gasteiger partial charge < -0.3 is 29.8 Å². The van der Waals surface area contributed by atoms with Crippen molar-refractivity contribution in [2.45, 2.75) is 32.3 Å². The highest BCUT2D eigenvalue weighted by Crippen LogP contribution is 2.60. The number of benzene rings is 1. The van der Waals surface area contributed by atoms with Crippen LogP contribution < -0.4 is 0 Å². The van der Waals surface area contributed by atoms with Gasteiger partial charge in [0, 0.05) is 41.0 Å². The second-order valence-electron chi connectivity index (χ2n) is 9.41. The van der Waals surface area contributed by atoms with Crippen LogP contribution in [-0.4, -0.2) is 114 Å². The number of rotatable bonds is 6. The van der Waals surface area contributed by atoms with E-state index in [1.807, 2.05) is 24.3 Å². The number of carbonyl (C=O) groups excluding carboxylic acids is 4. The fourth-order valence-electron chi connectivity index (χ4n) is 5.10. The standard InChI is InChI=1S/C22H26N4O6S4/c1-23-17(31)21(11-27)25(3)15(29)19(23,33-35-21)9-13-5-7-14(8-6-13)10-20-16(30)26(4)22(12-28,36-34-20)18(32)24(20)2/h5-8,27-28H,9-12H2,1-4H3/t19-,20-,21-,22-/m0/s1. The number of hydrogen-bond acceptors (Lipinski definition) is 10. The number of amides is 4. The van der Waals surface area contributed by atoms with Gasteiger partial charge >= 0.3 is 0 Å². The lowest BCUT2D eigenvalue weighted by molar-refractivity contribution is -0.165. The van der Waals surface area contributed by atoms with Crippen molar-refractivity contribution >= 4 is 66.8 Å². The number of aliphatic hydroxyl groups is 2. The van der Waals surface area contributed by atoms with E-state index in [2.05, 4.69) is 0 Å². The fourth-order valence-corrected chi connectivity index (χ4v) is 12.3. The van der Waals surface area contributed by atoms with Crippen LogP contribution in [0.25, 0.3) is 0 Å². The van der Waals surface area contributed by atoms with Crippen molar-refractivity contribution in [3.63, 3.8) is 0 Å². The minimum Gasteiger partial charge on any atom is -0.392 e. The first-order valence-electron chi connectivity index (χ1n) is 11.1. The van der Waals surface area contributed by atoms with Gasteiger partial charge in [-0.3, -0.25) is 19.2 Å². The van der Waals surface area contributed by atoms with Crippen LogP contribution in [0.4, 0.5) is 0 Å². The van der Waals surface area contributed by atoms with Crippen molar-refractivity contribution in [2.75, 3.05) is 41.4 Å². The minimum atomic E-state index is -1.30. The summed E-state index contributed by atoms with van der Waals surface area (Å²) in [4.78, 5) is 53.5. The maximum atomic E-state index is 13.3. The highest BCUT2D eigenvalue weighted by Gasteiger charge is 2.68. The molecule has 0 saturated carbocycles. The number of likely N-dealkylation sites (N-methyl/N-ethyl adjacent to an activating group) is 4. The van der Waals surface area contributed by atoms with Gasteiger partial charge in [0.15, 0.2) is 9.74 Å². The van der Waals surface area contributed by atoms with Gasteiger partial charge in [0.2, 0.25) is 9.74 Å². The van der Waals surface area contributed by atoms with Crippen LogP contribution >= 0.6 is 43.2 Å². The van der Waals surface area contributed by atoms with Crippen molar-refractivity contribution < 1.29 is 29.4 Å². The normalized spacial score (nSPS) is 35.9. The summed E-state index contributed by atoms with van der Waals surface area (Å²) in [7, 11) is 11.3. The van der Waals surface area contributed by atoms with Crippen molar-refractivity contribution in [2.24, 2.45) is 0 Å². The first kappa shape index (κ1) is 26.0. The molecule has 0 aliphatic carbocycles. The van der Waals surface area contributed by atoms with Crippen molar-refractivity contribution in [3.8, 4) is 0 Å². The number of piperazine rings is 2. The van der Waals surface area contributed by atoms with E-state index in [0.29, 0.717) is 0 Å². The van der Waals surface area contributed by atoms with Gasteiger partial charge in [-0.2, -0.15) is 0 Å². The molecule has 6 aliphatic heterocycles. The molecule has 6 fully saturated rings. The van der Waals surface area contributed by atoms with Gasteiger partial charge in [0.05, 0.1) is 13.2 Å². The molecule has 0 aromatic heterocycles. The SMILES string of the molecule is CN1C(=O)[C@]2(Cc3ccc(C[C@@]45SS[C@@](CO)(C(=O)N4C)N(C)C5=O)cc3)SS[C@@]1(CO)C(=O)N2C. The van der Waals surface area contributed by atoms with E-state index in [1.54, 1.807) is 28.2 Å². The Balaban J connectivity index is 1.39. The van der Waals surface area contributed by atoms with Gasteiger partial charge in [-0.1, -0.05) is 45.9 Å². The van der Waals surface area contributed by atoms with Crippen LogP contribution in [0.1, 0.15) is 11.1 Å². The quantitative estimate of drug-likeness (QED) is 0.459. The summed E-state index contributed by atoms with van der Waals surface area (Å²) >= 11 is 0. The largest absolute Gasteiger partial charge is 0.392 e. The van der Waals surface area contributed by atoms with Crippen molar-refractivity contribution in [1.29, 1.82) is 0 Å². The topological polar surface area (TPSA) is 122 Å². The van der Waals surface area contributed by atoms with Gasteiger partial charge in [-0.25, -0.2) is 0 Å². The molecule has 6 saturated heterocycles. The molecule has 4 atom stereocenters. The van der Waals surface area contributed by atoms with Crippen LogP contribution in [0, 0.1) is 0 Å². The second kappa shape index (κ2) is 8.46. The average Bonchev–Trinajstić information content (AvgIpc) is 2.88. The van der Waals surface area contributed by atoms with E-state index in [-0.39, 0.29) is 36.5 Å². The summed E-state index contributed by atoms with van der Waals surface area (Å²) in [6.45, 7) is -0.910. The Hall–Kier alpha value is -1.58. The number of carbonyl (C=O) groups is 4. The zero-order valence-corrected chi connectivity index (χ0v) is 23.4. The van der Waals surface area contributed by atoms with Crippen molar-refractivity contribution in [1.82, 2.24) is 19.6 Å². The average molecular weight is 571 g/mol. The third-order valence-corrected chi connectivity index (χ3v) is 15.1. The van der Waals surface area contributed by atoms with E-state index in [4.69, 9.17) is 0 Å². The molecule has 10 nitrogen and oxygen atoms in total. The van der Waals surface area contributed by atoms with E-state index in [9.17, 15) is 29.4 Å². The maximum absolute atomic E-state index is 13.3. The number of nitrogens with zero attached hydrogens (tertiary/aromatic N) is 4. The molecule has 6 heterocycles. The Morgan fingerprint density at radius 3 is 1.11 bits per heavy atom. The van der Waals surface area contributed by atoms with E-state index in [0.717, 1.165) is 11.1 Å². The third kappa shape index (κ3) is 3.05. The molecule has 194 valence electrons. The molecule has 0 unspecified atom stereocenters. The lowest BCUT2D eigenvalue weighted by atomic mass is 9.94. The predicted octanol–water partition coefficient (Wildman–Crippen LogP) is 0.192. The lowest BCUT2D eigenvalue weighted by Crippen LogP contribution is -2.77. The molecule has 6 aliphatic rings. The highest BCUT2D eigenvalue weighted by atomic mass is 33.1. The zero-order chi connectivity index (χ0) is 26.3. The second-order valence-corrected chi connectivity index (χ2v) is 14.8. The number of fused-ring (bicyclic) bond motifs is 6. The molecule has 1 aromatic rings. The Morgan fingerprint density at radius 1 is 0.556 bits per heavy atom. The predicted molar refractivity (Wildman–Crippen MR) is 140 cm³/mol. The monoisotopic (exact) mass is 570 g/mol. The fraction of sp³-hybridized carbons (Fsp3) is 0.545. The molecule has 7 rings (SSSR count). The van der Waals surface area contributed by atoms with Crippen LogP contribution in [0.15, 0.2) is 24.3 Å². The maximum Gasteiger partial charge on any atom is 0.263 e. The summed E-state index contributed by atoms with van der Waals surface area (Å²) in [5.41, 5.74) is 1.68. The van der Waals surface area contributed by atoms with E-state index in [1.165, 1.54) is 62.8 Å². The molecule has 0 spiro atoms. The molecule has 1 aromatic carbocycles. The molecule has 4 amide bonds. The molecule has 4 bridgehead atoms. The van der Waals surface area contributed by atoms with E-state index >= 15 is 0 Å². The number of aliphatic hydroxyl groups excluding tert-OH is 2. The van der Waals surface area contributed by atoms with Crippen LogP contribution in [0.5, 0.6) is 0 Å². The van der Waals surface area contributed by atoms with Crippen LogP contribution in [0.2, 0.25) is 0 Å². The smallest absolute Gasteiger partial charge is 0.263 e. The lowest BCUT2D eigenvalue weighted by Gasteiger charge is -2.58. The molecular formula is C22H26N4O6S4. The number of hydrogen-bond donors (Lipinski definition) is 2. The summed E-state index contributed by atoms with van der Waals surface area (Å²) < 4.78 is 0. The third-order valence-electron chi connectivity index (χ3n) is 7.70. The first-order chi connectivity index (χ1) is 17.0. The highest BCUT2D eigenvalue weighted by molar-refractivity contribution is 8.78. The molecular weight excluding hydrogens is 545 g/mol. The Morgan fingerprint density at radius 2 is 0.806 bits per heavy atom. The Labute approximate surface area is 224 Å². The molecule has 0 radical (unpaired) electrons. The van der Waals surface area contributed by atoms with Crippen molar-refractivity contribution in [3.05, 3.63) is 35.4 Å². The van der Waals surface area contributed by atoms with Crippen LogP contribution in [0.3, 0.4) is 0 Å². The Kier molecular flexibility index (Phi) is 6.12.